The zero-order valence-electron chi connectivity index (χ0n) is 33.0. The van der Waals surface area contributed by atoms with E-state index in [1.54, 1.807) is 54.6 Å². The van der Waals surface area contributed by atoms with Crippen molar-refractivity contribution in [3.8, 4) is 17.1 Å². The molecule has 0 bridgehead atoms. The van der Waals surface area contributed by atoms with E-state index in [2.05, 4.69) is 36.0 Å². The fourth-order valence-corrected chi connectivity index (χ4v) is 7.34. The third kappa shape index (κ3) is 10.3. The predicted octanol–water partition coefficient (Wildman–Crippen LogP) is 5.77. The number of hydrogen-bond donors (Lipinski definition) is 4. The first-order valence-electron chi connectivity index (χ1n) is 19.3. The first kappa shape index (κ1) is 41.2. The highest BCUT2D eigenvalue weighted by Crippen LogP contribution is 2.32. The number of methoxy groups -OCH3 is 1. The van der Waals surface area contributed by atoms with Crippen molar-refractivity contribution >= 4 is 46.6 Å². The third-order valence-corrected chi connectivity index (χ3v) is 10.7. The molecule has 2 fully saturated rings. The largest absolute Gasteiger partial charge is 0.494 e. The van der Waals surface area contributed by atoms with Crippen LogP contribution in [0.1, 0.15) is 75.5 Å². The van der Waals surface area contributed by atoms with Crippen molar-refractivity contribution in [3.63, 3.8) is 0 Å². The van der Waals surface area contributed by atoms with Crippen LogP contribution in [-0.4, -0.2) is 95.2 Å². The lowest BCUT2D eigenvalue weighted by Gasteiger charge is -2.36. The number of ether oxygens (including phenoxy) is 2. The van der Waals surface area contributed by atoms with Crippen LogP contribution in [0.2, 0.25) is 5.02 Å². The highest BCUT2D eigenvalue weighted by atomic mass is 35.5. The number of aromatic nitrogens is 3. The van der Waals surface area contributed by atoms with Crippen LogP contribution in [0.15, 0.2) is 72.9 Å². The summed E-state index contributed by atoms with van der Waals surface area (Å²) in [6, 6.07) is 18.2. The van der Waals surface area contributed by atoms with Gasteiger partial charge >= 0.3 is 0 Å². The minimum Gasteiger partial charge on any atom is -0.494 e. The number of anilines is 2. The molecule has 0 spiro atoms. The molecule has 0 aliphatic carbocycles. The molecule has 302 valence electrons. The van der Waals surface area contributed by atoms with Crippen molar-refractivity contribution in [1.29, 1.82) is 0 Å². The summed E-state index contributed by atoms with van der Waals surface area (Å²) >= 11 is 6.03. The van der Waals surface area contributed by atoms with E-state index in [1.165, 1.54) is 0 Å². The van der Waals surface area contributed by atoms with Gasteiger partial charge in [-0.1, -0.05) is 50.6 Å². The second-order valence-electron chi connectivity index (χ2n) is 15.6. The Bertz CT molecular complexity index is 2030. The summed E-state index contributed by atoms with van der Waals surface area (Å²) in [5, 5.41) is 16.3. The lowest BCUT2D eigenvalue weighted by Crippen LogP contribution is -2.58. The monoisotopic (exact) mass is 798 g/mol. The number of amides is 4. The van der Waals surface area contributed by atoms with E-state index in [9.17, 15) is 19.2 Å². The van der Waals surface area contributed by atoms with Gasteiger partial charge in [-0.3, -0.25) is 24.3 Å². The lowest BCUT2D eigenvalue weighted by atomic mass is 9.85. The van der Waals surface area contributed by atoms with E-state index in [0.717, 1.165) is 11.3 Å². The van der Waals surface area contributed by atoms with Crippen molar-refractivity contribution < 1.29 is 28.7 Å². The van der Waals surface area contributed by atoms with E-state index in [-0.39, 0.29) is 48.1 Å². The Kier molecular flexibility index (Phi) is 13.1. The van der Waals surface area contributed by atoms with Gasteiger partial charge in [0.2, 0.25) is 17.7 Å². The summed E-state index contributed by atoms with van der Waals surface area (Å²) < 4.78 is 11.7. The molecule has 2 aromatic heterocycles. The summed E-state index contributed by atoms with van der Waals surface area (Å²) in [5.41, 5.74) is 3.32. The van der Waals surface area contributed by atoms with Crippen molar-refractivity contribution in [2.24, 2.45) is 5.41 Å². The number of likely N-dealkylation sites (tertiary alicyclic amines) is 1. The van der Waals surface area contributed by atoms with E-state index in [1.807, 2.05) is 58.0 Å². The number of rotatable bonds is 13. The summed E-state index contributed by atoms with van der Waals surface area (Å²) in [6.45, 7) is 9.21. The first-order chi connectivity index (χ1) is 27.3. The molecule has 4 aromatic rings. The molecule has 3 atom stereocenters. The fourth-order valence-electron chi connectivity index (χ4n) is 7.21. The number of benzene rings is 2. The number of nitrogens with one attached hydrogen (secondary N) is 4. The van der Waals surface area contributed by atoms with Crippen LogP contribution in [0.5, 0.6) is 5.75 Å². The number of aromatic amines is 1. The fraction of sp³-hybridized carbons (Fsp3) is 0.429. The number of hydrogen-bond acceptors (Lipinski definition) is 9. The normalized spacial score (nSPS) is 17.1. The number of carbonyl (C=O) groups is 4. The predicted molar refractivity (Wildman–Crippen MR) is 218 cm³/mol. The molecule has 2 aromatic carbocycles. The Morgan fingerprint density at radius 3 is 2.40 bits per heavy atom. The first-order valence-corrected chi connectivity index (χ1v) is 19.7. The minimum atomic E-state index is -0.844. The second kappa shape index (κ2) is 18.2. The summed E-state index contributed by atoms with van der Waals surface area (Å²) in [7, 11) is 1.56. The van der Waals surface area contributed by atoms with Gasteiger partial charge in [0.25, 0.3) is 5.91 Å². The van der Waals surface area contributed by atoms with Crippen LogP contribution in [-0.2, 0) is 19.1 Å². The maximum absolute atomic E-state index is 14.0. The van der Waals surface area contributed by atoms with Gasteiger partial charge in [0, 0.05) is 42.6 Å². The van der Waals surface area contributed by atoms with Crippen molar-refractivity contribution in [3.05, 3.63) is 89.2 Å². The number of nitrogens with zero attached hydrogens (tertiary/aromatic N) is 4. The number of carbonyl (C=O) groups excluding carboxylic acids is 4. The molecular formula is C42H51ClN8O6. The van der Waals surface area contributed by atoms with Crippen molar-refractivity contribution in [2.45, 2.75) is 77.6 Å². The maximum Gasteiger partial charge on any atom is 0.274 e. The van der Waals surface area contributed by atoms with Crippen molar-refractivity contribution in [2.75, 3.05) is 43.6 Å². The molecule has 4 amide bonds. The van der Waals surface area contributed by atoms with Gasteiger partial charge < -0.3 is 35.2 Å². The van der Waals surface area contributed by atoms with E-state index in [0.29, 0.717) is 73.2 Å². The van der Waals surface area contributed by atoms with Gasteiger partial charge in [-0.05, 0) is 86.1 Å². The summed E-state index contributed by atoms with van der Waals surface area (Å²) in [5.74, 6) is -0.742. The van der Waals surface area contributed by atoms with Crippen LogP contribution in [0, 0.1) is 5.41 Å². The van der Waals surface area contributed by atoms with Crippen LogP contribution in [0.25, 0.3) is 11.4 Å². The number of halogens is 1. The molecular weight excluding hydrogens is 748 g/mol. The Labute approximate surface area is 338 Å². The number of piperidine rings is 1. The minimum absolute atomic E-state index is 0.143. The molecule has 57 heavy (non-hydrogen) atoms. The molecule has 15 heteroatoms. The SMILES string of the molecule is COc1cc(N2CCC(OCC(=O)N[C@H](C(=O)N3CCC[C@H]3C(=O)N[C@@H](C)c3ccc(Cl)cc3)C(C)(C)C)CC2)ccc1NC(=O)c1cccc(-c2ccn[nH]2)n1. The smallest absolute Gasteiger partial charge is 0.274 e. The molecule has 2 saturated heterocycles. The Morgan fingerprint density at radius 2 is 1.72 bits per heavy atom. The standard InChI is InChI=1S/C42H51ClN8O6/c1-26(27-11-13-28(43)14-12-27)45-40(54)35-10-7-21-51(35)41(55)38(42(2,3)4)48-37(52)25-57-30-18-22-50(23-19-30)29-15-16-33(36(24-29)56-5)47-39(53)34-9-6-8-31(46-34)32-17-20-44-49-32/h6,8-9,11-17,20,24,26,30,35,38H,7,10,18-19,21-23,25H2,1-5H3,(H,44,49)(H,45,54)(H,47,53)(H,48,52)/t26-,35-,38+/m0/s1. The second-order valence-corrected chi connectivity index (χ2v) is 16.0. The van der Waals surface area contributed by atoms with Crippen LogP contribution in [0.4, 0.5) is 11.4 Å². The van der Waals surface area contributed by atoms with Crippen LogP contribution >= 0.6 is 11.6 Å². The van der Waals surface area contributed by atoms with Gasteiger partial charge in [0.1, 0.15) is 30.1 Å². The topological polar surface area (TPSA) is 171 Å². The average molecular weight is 799 g/mol. The van der Waals surface area contributed by atoms with Crippen LogP contribution in [0.3, 0.4) is 0 Å². The average Bonchev–Trinajstić information content (AvgIpc) is 3.93. The highest BCUT2D eigenvalue weighted by molar-refractivity contribution is 6.30. The molecule has 2 aliphatic rings. The Hall–Kier alpha value is -5.47. The van der Waals surface area contributed by atoms with Gasteiger partial charge in [-0.15, -0.1) is 0 Å². The molecule has 0 unspecified atom stereocenters. The summed E-state index contributed by atoms with van der Waals surface area (Å²) in [4.78, 5) is 62.0. The van der Waals surface area contributed by atoms with Crippen LogP contribution < -0.4 is 25.6 Å². The molecule has 0 radical (unpaired) electrons. The molecule has 14 nitrogen and oxygen atoms in total. The highest BCUT2D eigenvalue weighted by Gasteiger charge is 2.42. The van der Waals surface area contributed by atoms with Gasteiger partial charge in [0.15, 0.2) is 0 Å². The Balaban J connectivity index is 0.986. The molecule has 4 N–H and O–H groups in total. The molecule has 0 saturated carbocycles. The zero-order valence-corrected chi connectivity index (χ0v) is 33.8. The van der Waals surface area contributed by atoms with Crippen molar-refractivity contribution in [1.82, 2.24) is 30.7 Å². The third-order valence-electron chi connectivity index (χ3n) is 10.4. The Morgan fingerprint density at radius 1 is 0.965 bits per heavy atom. The van der Waals surface area contributed by atoms with Gasteiger partial charge in [-0.2, -0.15) is 5.10 Å². The maximum atomic E-state index is 14.0. The lowest BCUT2D eigenvalue weighted by molar-refractivity contribution is -0.145. The zero-order chi connectivity index (χ0) is 40.7. The van der Waals surface area contributed by atoms with Gasteiger partial charge in [0.05, 0.1) is 36.3 Å². The molecule has 2 aliphatic heterocycles. The molecule has 6 rings (SSSR count). The number of pyridine rings is 1. The molecule has 4 heterocycles. The van der Waals surface area contributed by atoms with E-state index >= 15 is 0 Å². The van der Waals surface area contributed by atoms with Gasteiger partial charge in [-0.25, -0.2) is 4.98 Å². The van der Waals surface area contributed by atoms with E-state index in [4.69, 9.17) is 21.1 Å². The number of H-pyrrole nitrogens is 1. The summed E-state index contributed by atoms with van der Waals surface area (Å²) in [6.07, 6.45) is 4.10. The van der Waals surface area contributed by atoms with E-state index < -0.39 is 17.5 Å². The quantitative estimate of drug-likeness (QED) is 0.131.